The Labute approximate surface area is 94.0 Å². The first-order valence-electron chi connectivity index (χ1n) is 6.53. The first kappa shape index (κ1) is 13.0. The summed E-state index contributed by atoms with van der Waals surface area (Å²) in [7, 11) is 0. The van der Waals surface area contributed by atoms with E-state index in [0.29, 0.717) is 0 Å². The molecule has 0 amide bonds. The third-order valence-corrected chi connectivity index (χ3v) is 3.60. The van der Waals surface area contributed by atoms with Crippen LogP contribution in [0.3, 0.4) is 0 Å². The number of hydrogen-bond donors (Lipinski definition) is 1. The zero-order valence-corrected chi connectivity index (χ0v) is 10.3. The Morgan fingerprint density at radius 2 is 1.87 bits per heavy atom. The van der Waals surface area contributed by atoms with Crippen molar-refractivity contribution in [3.05, 3.63) is 0 Å². The average Bonchev–Trinajstić information content (AvgIpc) is 2.67. The number of ether oxygens (including phenoxy) is 1. The second kappa shape index (κ2) is 6.49. The molecule has 1 rings (SSSR count). The van der Waals surface area contributed by atoms with E-state index in [4.69, 9.17) is 4.74 Å². The van der Waals surface area contributed by atoms with E-state index in [1.54, 1.807) is 0 Å². The summed E-state index contributed by atoms with van der Waals surface area (Å²) in [5.41, 5.74) is -0.202. The van der Waals surface area contributed by atoms with Gasteiger partial charge in [-0.3, -0.25) is 0 Å². The van der Waals surface area contributed by atoms with Crippen LogP contribution in [0.15, 0.2) is 0 Å². The van der Waals surface area contributed by atoms with Gasteiger partial charge in [-0.15, -0.1) is 0 Å². The third kappa shape index (κ3) is 3.76. The van der Waals surface area contributed by atoms with Gasteiger partial charge in [0, 0.05) is 6.61 Å². The molecular weight excluding hydrogens is 188 g/mol. The van der Waals surface area contributed by atoms with Gasteiger partial charge in [-0.1, -0.05) is 39.0 Å². The summed E-state index contributed by atoms with van der Waals surface area (Å²) in [4.78, 5) is 0. The molecule has 0 aliphatic heterocycles. The van der Waals surface area contributed by atoms with Gasteiger partial charge in [0.2, 0.25) is 0 Å². The summed E-state index contributed by atoms with van der Waals surface area (Å²) in [5, 5.41) is 9.78. The van der Waals surface area contributed by atoms with Crippen LogP contribution in [-0.2, 0) is 4.74 Å². The fraction of sp³-hybridized carbons (Fsp3) is 1.00. The minimum atomic E-state index is -0.314. The Bertz CT molecular complexity index is 160. The lowest BCUT2D eigenvalue weighted by atomic mass is 9.96. The molecule has 1 fully saturated rings. The van der Waals surface area contributed by atoms with Crippen molar-refractivity contribution in [2.24, 2.45) is 0 Å². The lowest BCUT2D eigenvalue weighted by Gasteiger charge is -2.32. The molecular formula is C13H26O2. The maximum Gasteiger partial charge on any atom is 0.0937 e. The molecule has 1 aliphatic rings. The zero-order chi connectivity index (χ0) is 11.1. The molecule has 0 bridgehead atoms. The van der Waals surface area contributed by atoms with Gasteiger partial charge in [0.05, 0.1) is 11.7 Å². The number of aliphatic hydroxyl groups is 1. The highest BCUT2D eigenvalue weighted by Gasteiger charge is 2.39. The van der Waals surface area contributed by atoms with Crippen LogP contribution in [0.2, 0.25) is 0 Å². The predicted octanol–water partition coefficient (Wildman–Crippen LogP) is 3.28. The molecule has 0 aromatic carbocycles. The van der Waals surface area contributed by atoms with Crippen LogP contribution in [0.5, 0.6) is 0 Å². The molecule has 0 saturated heterocycles. The Morgan fingerprint density at radius 3 is 2.40 bits per heavy atom. The SMILES string of the molecule is CCCCCCOC1(C(C)O)CCCC1. The van der Waals surface area contributed by atoms with Crippen molar-refractivity contribution in [2.75, 3.05) is 6.61 Å². The first-order chi connectivity index (χ1) is 7.21. The molecule has 0 aromatic heterocycles. The molecule has 1 aliphatic carbocycles. The summed E-state index contributed by atoms with van der Waals surface area (Å²) >= 11 is 0. The molecule has 2 nitrogen and oxygen atoms in total. The van der Waals surface area contributed by atoms with E-state index in [-0.39, 0.29) is 11.7 Å². The van der Waals surface area contributed by atoms with Gasteiger partial charge in [-0.05, 0) is 26.2 Å². The summed E-state index contributed by atoms with van der Waals surface area (Å²) in [6.07, 6.45) is 9.14. The van der Waals surface area contributed by atoms with E-state index in [9.17, 15) is 5.11 Å². The molecule has 90 valence electrons. The standard InChI is InChI=1S/C13H26O2/c1-3-4-5-8-11-15-13(12(2)14)9-6-7-10-13/h12,14H,3-11H2,1-2H3. The van der Waals surface area contributed by atoms with Gasteiger partial charge in [0.25, 0.3) is 0 Å². The highest BCUT2D eigenvalue weighted by Crippen LogP contribution is 2.36. The van der Waals surface area contributed by atoms with Crippen molar-refractivity contribution >= 4 is 0 Å². The second-order valence-electron chi connectivity index (χ2n) is 4.86. The van der Waals surface area contributed by atoms with E-state index in [1.807, 2.05) is 6.92 Å². The van der Waals surface area contributed by atoms with Crippen LogP contribution < -0.4 is 0 Å². The van der Waals surface area contributed by atoms with Crippen LogP contribution in [0.1, 0.15) is 65.2 Å². The zero-order valence-electron chi connectivity index (χ0n) is 10.3. The molecule has 0 radical (unpaired) electrons. The van der Waals surface area contributed by atoms with E-state index in [0.717, 1.165) is 25.9 Å². The van der Waals surface area contributed by atoms with Crippen molar-refractivity contribution in [2.45, 2.75) is 76.9 Å². The smallest absolute Gasteiger partial charge is 0.0937 e. The predicted molar refractivity (Wildman–Crippen MR) is 63.0 cm³/mol. The highest BCUT2D eigenvalue weighted by molar-refractivity contribution is 4.90. The Morgan fingerprint density at radius 1 is 1.20 bits per heavy atom. The van der Waals surface area contributed by atoms with E-state index < -0.39 is 0 Å². The monoisotopic (exact) mass is 214 g/mol. The van der Waals surface area contributed by atoms with Crippen molar-refractivity contribution in [3.63, 3.8) is 0 Å². The topological polar surface area (TPSA) is 29.5 Å². The van der Waals surface area contributed by atoms with Crippen LogP contribution in [0.25, 0.3) is 0 Å². The molecule has 1 N–H and O–H groups in total. The maximum atomic E-state index is 9.78. The van der Waals surface area contributed by atoms with Crippen LogP contribution in [-0.4, -0.2) is 23.4 Å². The summed E-state index contributed by atoms with van der Waals surface area (Å²) in [6.45, 7) is 4.91. The summed E-state index contributed by atoms with van der Waals surface area (Å²) in [5.74, 6) is 0. The quantitative estimate of drug-likeness (QED) is 0.659. The van der Waals surface area contributed by atoms with E-state index in [1.165, 1.54) is 32.1 Å². The van der Waals surface area contributed by atoms with Crippen molar-refractivity contribution in [3.8, 4) is 0 Å². The van der Waals surface area contributed by atoms with Gasteiger partial charge < -0.3 is 9.84 Å². The minimum Gasteiger partial charge on any atom is -0.390 e. The van der Waals surface area contributed by atoms with E-state index >= 15 is 0 Å². The van der Waals surface area contributed by atoms with E-state index in [2.05, 4.69) is 6.92 Å². The Kier molecular flexibility index (Phi) is 5.62. The van der Waals surface area contributed by atoms with Gasteiger partial charge in [-0.25, -0.2) is 0 Å². The molecule has 1 unspecified atom stereocenters. The molecule has 0 spiro atoms. The summed E-state index contributed by atoms with van der Waals surface area (Å²) in [6, 6.07) is 0. The Hall–Kier alpha value is -0.0800. The van der Waals surface area contributed by atoms with Crippen LogP contribution >= 0.6 is 0 Å². The van der Waals surface area contributed by atoms with Gasteiger partial charge in [0.15, 0.2) is 0 Å². The van der Waals surface area contributed by atoms with Crippen LogP contribution in [0, 0.1) is 0 Å². The maximum absolute atomic E-state index is 9.78. The lowest BCUT2D eigenvalue weighted by molar-refractivity contribution is -0.114. The van der Waals surface area contributed by atoms with Gasteiger partial charge >= 0.3 is 0 Å². The average molecular weight is 214 g/mol. The summed E-state index contributed by atoms with van der Waals surface area (Å²) < 4.78 is 5.95. The number of unbranched alkanes of at least 4 members (excludes halogenated alkanes) is 3. The van der Waals surface area contributed by atoms with Crippen LogP contribution in [0.4, 0.5) is 0 Å². The van der Waals surface area contributed by atoms with Gasteiger partial charge in [-0.2, -0.15) is 0 Å². The highest BCUT2D eigenvalue weighted by atomic mass is 16.5. The van der Waals surface area contributed by atoms with Crippen molar-refractivity contribution in [1.82, 2.24) is 0 Å². The number of rotatable bonds is 7. The molecule has 2 heteroatoms. The lowest BCUT2D eigenvalue weighted by Crippen LogP contribution is -2.40. The van der Waals surface area contributed by atoms with Crippen molar-refractivity contribution in [1.29, 1.82) is 0 Å². The second-order valence-corrected chi connectivity index (χ2v) is 4.86. The Balaban J connectivity index is 2.21. The molecule has 0 heterocycles. The molecule has 0 aromatic rings. The van der Waals surface area contributed by atoms with Crippen molar-refractivity contribution < 1.29 is 9.84 Å². The van der Waals surface area contributed by atoms with Gasteiger partial charge in [0.1, 0.15) is 0 Å². The normalized spacial score (nSPS) is 21.8. The molecule has 1 saturated carbocycles. The largest absolute Gasteiger partial charge is 0.390 e. The third-order valence-electron chi connectivity index (χ3n) is 3.60. The minimum absolute atomic E-state index is 0.202. The molecule has 15 heavy (non-hydrogen) atoms. The fourth-order valence-electron chi connectivity index (χ4n) is 2.46. The first-order valence-corrected chi connectivity index (χ1v) is 6.53. The fourth-order valence-corrected chi connectivity index (χ4v) is 2.46. The number of hydrogen-bond acceptors (Lipinski definition) is 2. The number of aliphatic hydroxyl groups excluding tert-OH is 1. The molecule has 1 atom stereocenters.